The van der Waals surface area contributed by atoms with Crippen molar-refractivity contribution < 1.29 is 0 Å². The van der Waals surface area contributed by atoms with Gasteiger partial charge in [0.15, 0.2) is 0 Å². The second-order valence-corrected chi connectivity index (χ2v) is 10.9. The van der Waals surface area contributed by atoms with Crippen LogP contribution >= 0.6 is 11.3 Å². The van der Waals surface area contributed by atoms with E-state index in [0.717, 1.165) is 55.7 Å². The van der Waals surface area contributed by atoms with Crippen LogP contribution in [-0.4, -0.2) is 4.98 Å². The summed E-state index contributed by atoms with van der Waals surface area (Å²) < 4.78 is 0. The Hall–Kier alpha value is -4.11. The van der Waals surface area contributed by atoms with Crippen molar-refractivity contribution in [3.8, 4) is 46.6 Å². The third kappa shape index (κ3) is 6.86. The lowest BCUT2D eigenvalue weighted by Crippen LogP contribution is -1.91. The molecule has 0 fully saturated rings. The molecule has 0 unspecified atom stereocenters. The molecule has 5 aromatic rings. The average molecular weight is 524 g/mol. The molecular formula is C37H33NS. The number of thiophene rings is 1. The van der Waals surface area contributed by atoms with Crippen LogP contribution in [0.4, 0.5) is 0 Å². The summed E-state index contributed by atoms with van der Waals surface area (Å²) in [4.78, 5) is 6.11. The molecule has 0 aliphatic carbocycles. The lowest BCUT2D eigenvalue weighted by atomic mass is 9.97. The summed E-state index contributed by atoms with van der Waals surface area (Å²) in [6, 6.07) is 29.3. The van der Waals surface area contributed by atoms with Crippen molar-refractivity contribution in [3.63, 3.8) is 0 Å². The molecule has 5 rings (SSSR count). The lowest BCUT2D eigenvalue weighted by molar-refractivity contribution is 0.608. The number of nitrogens with zero attached hydrogens (tertiary/aromatic N) is 1. The van der Waals surface area contributed by atoms with E-state index in [1.54, 1.807) is 11.3 Å². The Morgan fingerprint density at radius 1 is 0.744 bits per heavy atom. The first-order valence-electron chi connectivity index (χ1n) is 13.9. The van der Waals surface area contributed by atoms with Crippen LogP contribution in [0.2, 0.25) is 0 Å². The second kappa shape index (κ2) is 13.1. The second-order valence-electron chi connectivity index (χ2n) is 9.96. The number of aryl methyl sites for hydroxylation is 1. The van der Waals surface area contributed by atoms with Crippen molar-refractivity contribution in [1.29, 1.82) is 0 Å². The van der Waals surface area contributed by atoms with E-state index in [2.05, 4.69) is 96.8 Å². The first-order valence-corrected chi connectivity index (χ1v) is 14.8. The summed E-state index contributed by atoms with van der Waals surface area (Å²) in [6.45, 7) is 2.27. The highest BCUT2D eigenvalue weighted by molar-refractivity contribution is 7.10. The minimum absolute atomic E-state index is 0.859. The molecule has 2 heteroatoms. The van der Waals surface area contributed by atoms with Gasteiger partial charge >= 0.3 is 0 Å². The van der Waals surface area contributed by atoms with Crippen LogP contribution in [0.15, 0.2) is 90.3 Å². The summed E-state index contributed by atoms with van der Waals surface area (Å²) >= 11 is 1.75. The molecule has 0 saturated heterocycles. The van der Waals surface area contributed by atoms with Crippen molar-refractivity contribution in [1.82, 2.24) is 4.98 Å². The molecule has 0 atom stereocenters. The van der Waals surface area contributed by atoms with Gasteiger partial charge in [0.1, 0.15) is 0 Å². The van der Waals surface area contributed by atoms with Gasteiger partial charge in [-0.15, -0.1) is 17.8 Å². The minimum atomic E-state index is 0.859. The standard InChI is InChI=1S/C37H33NS/c1-3-5-6-7-8-10-13-30-24-33(39-27-30)22-18-29-16-20-32(21-17-29)37-26-34(31-14-11-9-12-15-31)35-25-28(4-2)19-23-36(35)38-37/h2,9,11-12,14-17,19-21,23-27H,3,5-8,10,13H2,1H3. The molecule has 0 N–H and O–H groups in total. The molecule has 0 spiro atoms. The normalized spacial score (nSPS) is 10.7. The quantitative estimate of drug-likeness (QED) is 0.138. The highest BCUT2D eigenvalue weighted by Gasteiger charge is 2.10. The summed E-state index contributed by atoms with van der Waals surface area (Å²) in [5.41, 5.74) is 8.50. The van der Waals surface area contributed by atoms with Gasteiger partial charge in [0.2, 0.25) is 0 Å². The summed E-state index contributed by atoms with van der Waals surface area (Å²) in [7, 11) is 0. The maximum absolute atomic E-state index is 5.68. The van der Waals surface area contributed by atoms with Crippen molar-refractivity contribution in [2.24, 2.45) is 0 Å². The van der Waals surface area contributed by atoms with Crippen molar-refractivity contribution in [3.05, 3.63) is 112 Å². The molecule has 2 heterocycles. The highest BCUT2D eigenvalue weighted by atomic mass is 32.1. The zero-order chi connectivity index (χ0) is 26.9. The molecule has 192 valence electrons. The van der Waals surface area contributed by atoms with Crippen LogP contribution in [-0.2, 0) is 6.42 Å². The zero-order valence-electron chi connectivity index (χ0n) is 22.5. The molecule has 1 nitrogen and oxygen atoms in total. The monoisotopic (exact) mass is 523 g/mol. The number of terminal acetylenes is 1. The fourth-order valence-electron chi connectivity index (χ4n) is 4.86. The Kier molecular flexibility index (Phi) is 8.90. The van der Waals surface area contributed by atoms with E-state index in [0.29, 0.717) is 0 Å². The fourth-order valence-corrected chi connectivity index (χ4v) is 5.65. The molecule has 0 aliphatic rings. The molecule has 0 aliphatic heterocycles. The number of fused-ring (bicyclic) bond motifs is 1. The third-order valence-corrected chi connectivity index (χ3v) is 7.94. The number of benzene rings is 3. The van der Waals surface area contributed by atoms with E-state index in [1.807, 2.05) is 18.2 Å². The van der Waals surface area contributed by atoms with Gasteiger partial charge in [0.05, 0.1) is 16.1 Å². The summed E-state index contributed by atoms with van der Waals surface area (Å²) in [5, 5.41) is 3.33. The van der Waals surface area contributed by atoms with Gasteiger partial charge in [-0.2, -0.15) is 0 Å². The van der Waals surface area contributed by atoms with Crippen LogP contribution in [0.25, 0.3) is 33.3 Å². The average Bonchev–Trinajstić information content (AvgIpc) is 3.45. The Balaban J connectivity index is 1.32. The first kappa shape index (κ1) is 26.5. The number of rotatable bonds is 9. The van der Waals surface area contributed by atoms with E-state index < -0.39 is 0 Å². The lowest BCUT2D eigenvalue weighted by Gasteiger charge is -2.11. The Bertz CT molecular complexity index is 1640. The Morgan fingerprint density at radius 3 is 2.31 bits per heavy atom. The van der Waals surface area contributed by atoms with Crippen LogP contribution in [0.3, 0.4) is 0 Å². The van der Waals surface area contributed by atoms with Gasteiger partial charge in [0, 0.05) is 22.1 Å². The van der Waals surface area contributed by atoms with Crippen molar-refractivity contribution in [2.75, 3.05) is 0 Å². The Morgan fingerprint density at radius 2 is 1.51 bits per heavy atom. The van der Waals surface area contributed by atoms with Gasteiger partial charge in [-0.05, 0) is 77.4 Å². The largest absolute Gasteiger partial charge is 0.248 e. The van der Waals surface area contributed by atoms with Crippen LogP contribution in [0, 0.1) is 24.2 Å². The van der Waals surface area contributed by atoms with Crippen LogP contribution in [0.1, 0.15) is 67.0 Å². The molecule has 3 aromatic carbocycles. The van der Waals surface area contributed by atoms with Gasteiger partial charge < -0.3 is 0 Å². The van der Waals surface area contributed by atoms with E-state index in [-0.39, 0.29) is 0 Å². The van der Waals surface area contributed by atoms with E-state index in [1.165, 1.54) is 44.1 Å². The van der Waals surface area contributed by atoms with E-state index >= 15 is 0 Å². The predicted octanol–water partition coefficient (Wildman–Crippen LogP) is 9.91. The molecule has 0 saturated carbocycles. The van der Waals surface area contributed by atoms with Gasteiger partial charge in [0.25, 0.3) is 0 Å². The Labute approximate surface area is 237 Å². The van der Waals surface area contributed by atoms with E-state index in [4.69, 9.17) is 11.4 Å². The third-order valence-electron chi connectivity index (χ3n) is 7.04. The molecule has 2 aromatic heterocycles. The van der Waals surface area contributed by atoms with Crippen molar-refractivity contribution in [2.45, 2.75) is 51.9 Å². The number of hydrogen-bond acceptors (Lipinski definition) is 2. The predicted molar refractivity (Wildman–Crippen MR) is 168 cm³/mol. The molecule has 0 bridgehead atoms. The summed E-state index contributed by atoms with van der Waals surface area (Å²) in [5.74, 6) is 9.46. The SMILES string of the molecule is C#Cc1ccc2nc(-c3ccc(C#Cc4cc(CCCCCCCC)cs4)cc3)cc(-c3ccccc3)c2c1. The topological polar surface area (TPSA) is 12.9 Å². The molecule has 39 heavy (non-hydrogen) atoms. The molecular weight excluding hydrogens is 490 g/mol. The molecule has 0 radical (unpaired) electrons. The van der Waals surface area contributed by atoms with Gasteiger partial charge in [-0.25, -0.2) is 4.98 Å². The minimum Gasteiger partial charge on any atom is -0.248 e. The van der Waals surface area contributed by atoms with E-state index in [9.17, 15) is 0 Å². The summed E-state index contributed by atoms with van der Waals surface area (Å²) in [6.07, 6.45) is 14.8. The molecule has 0 amide bonds. The number of hydrogen-bond donors (Lipinski definition) is 0. The van der Waals surface area contributed by atoms with Gasteiger partial charge in [-0.3, -0.25) is 0 Å². The number of unbranched alkanes of at least 4 members (excludes halogenated alkanes) is 5. The fraction of sp³-hybridized carbons (Fsp3) is 0.216. The first-order chi connectivity index (χ1) is 19.2. The van der Waals surface area contributed by atoms with Gasteiger partial charge in [-0.1, -0.05) is 99.3 Å². The van der Waals surface area contributed by atoms with Crippen LogP contribution < -0.4 is 0 Å². The maximum atomic E-state index is 5.68. The van der Waals surface area contributed by atoms with Crippen molar-refractivity contribution >= 4 is 22.2 Å². The zero-order valence-corrected chi connectivity index (χ0v) is 23.4. The highest BCUT2D eigenvalue weighted by Crippen LogP contribution is 2.32. The smallest absolute Gasteiger partial charge is 0.0775 e. The van der Waals surface area contributed by atoms with Crippen LogP contribution in [0.5, 0.6) is 0 Å². The number of pyridine rings is 1. The maximum Gasteiger partial charge on any atom is 0.0775 e. The number of aromatic nitrogens is 1.